The van der Waals surface area contributed by atoms with Crippen molar-refractivity contribution < 1.29 is 19.0 Å². The van der Waals surface area contributed by atoms with Crippen LogP contribution < -0.4 is 14.2 Å². The van der Waals surface area contributed by atoms with E-state index in [-0.39, 0.29) is 5.78 Å². The summed E-state index contributed by atoms with van der Waals surface area (Å²) in [7, 11) is 3.25. The number of hydrogen-bond donors (Lipinski definition) is 0. The second kappa shape index (κ2) is 11.7. The lowest BCUT2D eigenvalue weighted by Crippen LogP contribution is -2.39. The molecule has 0 fully saturated rings. The van der Waals surface area contributed by atoms with E-state index in [0.717, 1.165) is 29.2 Å². The van der Waals surface area contributed by atoms with Crippen LogP contribution in [0.25, 0.3) is 11.1 Å². The minimum absolute atomic E-state index is 0.0502. The number of rotatable bonds is 11. The predicted octanol–water partition coefficient (Wildman–Crippen LogP) is 6.10. The molecule has 0 atom stereocenters. The van der Waals surface area contributed by atoms with Gasteiger partial charge in [0.2, 0.25) is 0 Å². The van der Waals surface area contributed by atoms with Crippen molar-refractivity contribution in [3.63, 3.8) is 0 Å². The molecule has 0 unspecified atom stereocenters. The number of methoxy groups -OCH3 is 2. The van der Waals surface area contributed by atoms with E-state index in [1.165, 1.54) is 0 Å². The Labute approximate surface area is 203 Å². The summed E-state index contributed by atoms with van der Waals surface area (Å²) < 4.78 is 16.6. The Morgan fingerprint density at radius 1 is 0.765 bits per heavy atom. The Morgan fingerprint density at radius 3 is 1.88 bits per heavy atom. The molecule has 3 aromatic carbocycles. The molecule has 0 radical (unpaired) electrons. The zero-order valence-electron chi connectivity index (χ0n) is 21.0. The second-order valence-electron chi connectivity index (χ2n) is 8.77. The first-order valence-electron chi connectivity index (χ1n) is 11.7. The Morgan fingerprint density at radius 2 is 1.32 bits per heavy atom. The van der Waals surface area contributed by atoms with Crippen LogP contribution in [0.15, 0.2) is 66.7 Å². The number of carbonyl (C=O) groups excluding carboxylic acids is 1. The van der Waals surface area contributed by atoms with Crippen LogP contribution in [0, 0.1) is 0 Å². The zero-order chi connectivity index (χ0) is 24.7. The molecule has 0 amide bonds. The molecular weight excluding hydrogens is 426 g/mol. The van der Waals surface area contributed by atoms with Gasteiger partial charge in [-0.15, -0.1) is 0 Å². The lowest BCUT2D eigenvalue weighted by Gasteiger charge is -2.30. The fourth-order valence-corrected chi connectivity index (χ4v) is 4.10. The van der Waals surface area contributed by atoms with Gasteiger partial charge in [-0.2, -0.15) is 0 Å². The molecule has 0 N–H and O–H groups in total. The molecule has 0 saturated heterocycles. The van der Waals surface area contributed by atoms with Crippen LogP contribution in [0.5, 0.6) is 17.2 Å². The number of carbonyl (C=O) groups is 1. The lowest BCUT2D eigenvalue weighted by atomic mass is 9.93. The van der Waals surface area contributed by atoms with Crippen molar-refractivity contribution in [3.8, 4) is 28.4 Å². The third-order valence-electron chi connectivity index (χ3n) is 5.93. The zero-order valence-corrected chi connectivity index (χ0v) is 21.0. The average Bonchev–Trinajstić information content (AvgIpc) is 2.85. The minimum Gasteiger partial charge on any atom is -0.497 e. The highest BCUT2D eigenvalue weighted by molar-refractivity contribution is 6.13. The number of benzene rings is 3. The van der Waals surface area contributed by atoms with Gasteiger partial charge in [-0.05, 0) is 93.4 Å². The van der Waals surface area contributed by atoms with E-state index in [1.54, 1.807) is 14.2 Å². The van der Waals surface area contributed by atoms with Gasteiger partial charge < -0.3 is 14.2 Å². The number of nitrogens with zero attached hydrogens (tertiary/aromatic N) is 1. The van der Waals surface area contributed by atoms with E-state index in [9.17, 15) is 4.79 Å². The highest BCUT2D eigenvalue weighted by atomic mass is 16.5. The van der Waals surface area contributed by atoms with Crippen molar-refractivity contribution in [3.05, 3.63) is 77.9 Å². The van der Waals surface area contributed by atoms with Crippen LogP contribution in [0.1, 0.15) is 43.6 Å². The maximum absolute atomic E-state index is 13.4. The van der Waals surface area contributed by atoms with Crippen molar-refractivity contribution in [1.29, 1.82) is 0 Å². The van der Waals surface area contributed by atoms with Gasteiger partial charge in [-0.25, -0.2) is 0 Å². The van der Waals surface area contributed by atoms with Crippen LogP contribution in [-0.4, -0.2) is 50.1 Å². The van der Waals surface area contributed by atoms with Gasteiger partial charge >= 0.3 is 0 Å². The molecule has 5 heteroatoms. The molecule has 3 rings (SSSR count). The molecule has 0 spiro atoms. The van der Waals surface area contributed by atoms with Crippen LogP contribution in [0.4, 0.5) is 0 Å². The van der Waals surface area contributed by atoms with E-state index >= 15 is 0 Å². The summed E-state index contributed by atoms with van der Waals surface area (Å²) in [6.07, 6.45) is 0. The minimum atomic E-state index is -0.0502. The normalized spacial score (nSPS) is 11.2. The van der Waals surface area contributed by atoms with Gasteiger partial charge in [0.05, 0.1) is 14.2 Å². The van der Waals surface area contributed by atoms with Gasteiger partial charge in [0, 0.05) is 29.8 Å². The maximum atomic E-state index is 13.4. The highest BCUT2D eigenvalue weighted by Crippen LogP contribution is 2.31. The molecular formula is C29H35NO4. The topological polar surface area (TPSA) is 48.0 Å². The van der Waals surface area contributed by atoms with Crippen LogP contribution >= 0.6 is 0 Å². The molecule has 0 heterocycles. The van der Waals surface area contributed by atoms with E-state index in [4.69, 9.17) is 14.2 Å². The first kappa shape index (κ1) is 25.3. The van der Waals surface area contributed by atoms with Crippen molar-refractivity contribution in [2.75, 3.05) is 27.4 Å². The van der Waals surface area contributed by atoms with E-state index in [0.29, 0.717) is 35.6 Å². The first-order valence-corrected chi connectivity index (χ1v) is 11.7. The number of ether oxygens (including phenoxy) is 3. The Bertz CT molecular complexity index is 1060. The summed E-state index contributed by atoms with van der Waals surface area (Å²) >= 11 is 0. The standard InChI is InChI=1S/C29H35NO4/c1-20(2)30(21(3)4)17-18-34-25-13-9-23(10-14-25)29(31)27-16-15-26(33-6)19-28(27)22-7-11-24(32-5)12-8-22/h7-16,19-21H,17-18H2,1-6H3. The summed E-state index contributed by atoms with van der Waals surface area (Å²) in [5.41, 5.74) is 2.96. The van der Waals surface area contributed by atoms with E-state index in [1.807, 2.05) is 66.7 Å². The van der Waals surface area contributed by atoms with Gasteiger partial charge in [-0.3, -0.25) is 9.69 Å². The van der Waals surface area contributed by atoms with Crippen molar-refractivity contribution >= 4 is 5.78 Å². The largest absolute Gasteiger partial charge is 0.497 e. The molecule has 0 bridgehead atoms. The van der Waals surface area contributed by atoms with Gasteiger partial charge in [0.25, 0.3) is 0 Å². The first-order chi connectivity index (χ1) is 16.3. The third-order valence-corrected chi connectivity index (χ3v) is 5.93. The Hall–Kier alpha value is -3.31. The Kier molecular flexibility index (Phi) is 8.72. The fraction of sp³-hybridized carbons (Fsp3) is 0.345. The maximum Gasteiger partial charge on any atom is 0.193 e. The Balaban J connectivity index is 1.77. The smallest absolute Gasteiger partial charge is 0.193 e. The monoisotopic (exact) mass is 461 g/mol. The molecule has 3 aromatic rings. The van der Waals surface area contributed by atoms with Crippen LogP contribution in [0.3, 0.4) is 0 Å². The molecule has 180 valence electrons. The highest BCUT2D eigenvalue weighted by Gasteiger charge is 2.17. The molecule has 5 nitrogen and oxygen atoms in total. The number of hydrogen-bond acceptors (Lipinski definition) is 5. The summed E-state index contributed by atoms with van der Waals surface area (Å²) in [5.74, 6) is 2.17. The van der Waals surface area contributed by atoms with Crippen molar-refractivity contribution in [2.24, 2.45) is 0 Å². The second-order valence-corrected chi connectivity index (χ2v) is 8.77. The molecule has 0 aliphatic rings. The molecule has 0 aromatic heterocycles. The van der Waals surface area contributed by atoms with Crippen molar-refractivity contribution in [2.45, 2.75) is 39.8 Å². The summed E-state index contributed by atoms with van der Waals surface area (Å²) in [6, 6.07) is 21.5. The SMILES string of the molecule is COc1ccc(-c2cc(OC)ccc2C(=O)c2ccc(OCCN(C(C)C)C(C)C)cc2)cc1. The molecule has 0 aliphatic heterocycles. The lowest BCUT2D eigenvalue weighted by molar-refractivity contribution is 0.103. The van der Waals surface area contributed by atoms with Crippen molar-refractivity contribution in [1.82, 2.24) is 4.90 Å². The van der Waals surface area contributed by atoms with Gasteiger partial charge in [0.15, 0.2) is 5.78 Å². The fourth-order valence-electron chi connectivity index (χ4n) is 4.10. The predicted molar refractivity (Wildman–Crippen MR) is 137 cm³/mol. The summed E-state index contributed by atoms with van der Waals surface area (Å²) in [4.78, 5) is 15.8. The van der Waals surface area contributed by atoms with E-state index < -0.39 is 0 Å². The van der Waals surface area contributed by atoms with Gasteiger partial charge in [0.1, 0.15) is 23.9 Å². The summed E-state index contributed by atoms with van der Waals surface area (Å²) in [6.45, 7) is 10.2. The molecule has 0 saturated carbocycles. The van der Waals surface area contributed by atoms with E-state index in [2.05, 4.69) is 32.6 Å². The third kappa shape index (κ3) is 6.17. The molecule has 34 heavy (non-hydrogen) atoms. The average molecular weight is 462 g/mol. The van der Waals surface area contributed by atoms with Crippen LogP contribution in [0.2, 0.25) is 0 Å². The molecule has 0 aliphatic carbocycles. The quantitative estimate of drug-likeness (QED) is 0.323. The van der Waals surface area contributed by atoms with Crippen LogP contribution in [-0.2, 0) is 0 Å². The summed E-state index contributed by atoms with van der Waals surface area (Å²) in [5, 5.41) is 0. The number of ketones is 1. The van der Waals surface area contributed by atoms with Gasteiger partial charge in [-0.1, -0.05) is 12.1 Å².